The topological polar surface area (TPSA) is 17.8 Å². The van der Waals surface area contributed by atoms with E-state index in [1.54, 1.807) is 11.3 Å². The Bertz CT molecular complexity index is 2150. The number of aryl methyl sites for hydroxylation is 3. The molecule has 0 spiro atoms. The van der Waals surface area contributed by atoms with Gasteiger partial charge >= 0.3 is 0 Å². The Morgan fingerprint density at radius 1 is 0.674 bits per heavy atom. The summed E-state index contributed by atoms with van der Waals surface area (Å²) in [5, 5.41) is 4.91. The molecular formula is C42H39IrN2S-. The summed E-state index contributed by atoms with van der Waals surface area (Å²) in [5.41, 5.74) is 16.1. The van der Waals surface area contributed by atoms with Gasteiger partial charge in [-0.25, -0.2) is 0 Å². The third kappa shape index (κ3) is 5.58. The van der Waals surface area contributed by atoms with Gasteiger partial charge in [0.1, 0.15) is 0 Å². The molecule has 0 atom stereocenters. The Morgan fingerprint density at radius 2 is 1.30 bits per heavy atom. The maximum absolute atomic E-state index is 5.35. The van der Waals surface area contributed by atoms with Crippen LogP contribution in [0, 0.1) is 26.2 Å². The molecule has 0 saturated carbocycles. The number of rotatable bonds is 6. The van der Waals surface area contributed by atoms with Crippen LogP contribution in [0.25, 0.3) is 60.4 Å². The van der Waals surface area contributed by atoms with Gasteiger partial charge in [0.25, 0.3) is 0 Å². The van der Waals surface area contributed by atoms with E-state index < -0.39 is 0 Å². The van der Waals surface area contributed by atoms with Gasteiger partial charge in [-0.3, -0.25) is 16.3 Å². The van der Waals surface area contributed by atoms with E-state index in [9.17, 15) is 0 Å². The zero-order valence-corrected chi connectivity index (χ0v) is 30.7. The quantitative estimate of drug-likeness (QED) is 0.153. The van der Waals surface area contributed by atoms with Crippen LogP contribution in [0.4, 0.5) is 0 Å². The van der Waals surface area contributed by atoms with E-state index in [0.717, 1.165) is 22.4 Å². The first-order valence-electron chi connectivity index (χ1n) is 15.9. The third-order valence-corrected chi connectivity index (χ3v) is 9.89. The monoisotopic (exact) mass is 796 g/mol. The molecule has 0 aliphatic rings. The van der Waals surface area contributed by atoms with Crippen molar-refractivity contribution in [2.24, 2.45) is 0 Å². The van der Waals surface area contributed by atoms with Crippen LogP contribution in [-0.2, 0) is 20.1 Å². The van der Waals surface area contributed by atoms with Crippen molar-refractivity contribution in [1.82, 2.24) is 9.55 Å². The molecule has 0 N–H and O–H groups in total. The summed E-state index contributed by atoms with van der Waals surface area (Å²) in [5.74, 6) is 1.59. The average Bonchev–Trinajstić information content (AvgIpc) is 3.61. The van der Waals surface area contributed by atoms with Crippen LogP contribution >= 0.6 is 11.3 Å². The van der Waals surface area contributed by atoms with Gasteiger partial charge in [-0.05, 0) is 101 Å². The molecule has 7 aromatic rings. The molecular weight excluding hydrogens is 757 g/mol. The molecule has 2 nitrogen and oxygen atoms in total. The molecule has 233 valence electrons. The minimum absolute atomic E-state index is 0. The second-order valence-electron chi connectivity index (χ2n) is 13.0. The molecule has 4 heteroatoms. The van der Waals surface area contributed by atoms with E-state index in [1.807, 2.05) is 0 Å². The third-order valence-electron chi connectivity index (χ3n) is 9.01. The number of hydrogen-bond acceptors (Lipinski definition) is 2. The molecule has 0 aliphatic carbocycles. The first kappa shape index (κ1) is 32.1. The standard InChI is InChI=1S/C42H39N2S.Ir/c1-25(2)33-22-32(30-13-9-8-10-14-30)23-34(26(3)4)41(33)44-38-16-12-11-15-37(38)43-42(44)36-24-45-39-18-17-31(21-35(36)39)40-28(6)19-27(5)20-29(40)7;/h8-23,25-26H,1-7H3;/q-1;. The van der Waals surface area contributed by atoms with Crippen LogP contribution in [-0.4, -0.2) is 9.55 Å². The van der Waals surface area contributed by atoms with Gasteiger partial charge in [0, 0.05) is 25.8 Å². The summed E-state index contributed by atoms with van der Waals surface area (Å²) < 4.78 is 3.66. The van der Waals surface area contributed by atoms with Crippen LogP contribution in [0.2, 0.25) is 0 Å². The van der Waals surface area contributed by atoms with Crippen molar-refractivity contribution < 1.29 is 20.1 Å². The molecule has 0 amide bonds. The summed E-state index contributed by atoms with van der Waals surface area (Å²) in [4.78, 5) is 5.35. The second-order valence-corrected chi connectivity index (χ2v) is 13.9. The normalized spacial score (nSPS) is 11.6. The van der Waals surface area contributed by atoms with Crippen LogP contribution in [0.3, 0.4) is 0 Å². The van der Waals surface area contributed by atoms with E-state index >= 15 is 0 Å². The molecule has 0 saturated heterocycles. The fourth-order valence-corrected chi connectivity index (χ4v) is 7.79. The van der Waals surface area contributed by atoms with Crippen LogP contribution in [0.5, 0.6) is 0 Å². The largest absolute Gasteiger partial charge is 0.333 e. The SMILES string of the molecule is Cc1cc(C)c(-c2ccc3s[c-]c(-c4nc5ccccc5n4-c4c(C(C)C)cc(-c5ccccc5)cc4C(C)C)c3c2)c(C)c1.[Ir]. The van der Waals surface area contributed by atoms with Gasteiger partial charge < -0.3 is 4.57 Å². The van der Waals surface area contributed by atoms with Gasteiger partial charge in [-0.15, -0.1) is 5.39 Å². The van der Waals surface area contributed by atoms with Gasteiger partial charge in [-0.1, -0.05) is 122 Å². The molecule has 5 aromatic carbocycles. The fourth-order valence-electron chi connectivity index (χ4n) is 6.97. The van der Waals surface area contributed by atoms with Gasteiger partial charge in [0.2, 0.25) is 0 Å². The number of benzene rings is 5. The van der Waals surface area contributed by atoms with Crippen LogP contribution < -0.4 is 0 Å². The molecule has 7 rings (SSSR count). The maximum atomic E-state index is 5.35. The molecule has 2 heterocycles. The van der Waals surface area contributed by atoms with Crippen molar-refractivity contribution in [1.29, 1.82) is 0 Å². The molecule has 0 fully saturated rings. The van der Waals surface area contributed by atoms with Gasteiger partial charge in [-0.2, -0.15) is 0 Å². The number of fused-ring (bicyclic) bond motifs is 2. The Morgan fingerprint density at radius 3 is 1.96 bits per heavy atom. The predicted octanol–water partition coefficient (Wildman–Crippen LogP) is 12.2. The molecule has 0 aliphatic heterocycles. The molecule has 1 radical (unpaired) electrons. The van der Waals surface area contributed by atoms with E-state index in [4.69, 9.17) is 4.98 Å². The summed E-state index contributed by atoms with van der Waals surface area (Å²) in [7, 11) is 0. The minimum Gasteiger partial charge on any atom is -0.333 e. The summed E-state index contributed by atoms with van der Waals surface area (Å²) in [6, 6.07) is 35.6. The molecule has 0 bridgehead atoms. The first-order valence-corrected chi connectivity index (χ1v) is 16.8. The number of aromatic nitrogens is 2. The number of imidazole rings is 1. The number of hydrogen-bond donors (Lipinski definition) is 0. The Hall–Kier alpha value is -3.82. The Balaban J connectivity index is 0.00000372. The number of nitrogens with zero attached hydrogens (tertiary/aromatic N) is 2. The summed E-state index contributed by atoms with van der Waals surface area (Å²) >= 11 is 1.68. The zero-order chi connectivity index (χ0) is 31.4. The van der Waals surface area contributed by atoms with Crippen molar-refractivity contribution in [2.45, 2.75) is 60.3 Å². The Kier molecular flexibility index (Phi) is 8.91. The minimum atomic E-state index is 0. The summed E-state index contributed by atoms with van der Waals surface area (Å²) in [6.07, 6.45) is 0. The fraction of sp³-hybridized carbons (Fsp3) is 0.214. The smallest absolute Gasteiger partial charge is 0.0774 e. The molecule has 2 aromatic heterocycles. The molecule has 0 unspecified atom stereocenters. The zero-order valence-electron chi connectivity index (χ0n) is 27.5. The predicted molar refractivity (Wildman–Crippen MR) is 194 cm³/mol. The van der Waals surface area contributed by atoms with Crippen molar-refractivity contribution in [2.75, 3.05) is 0 Å². The van der Waals surface area contributed by atoms with Crippen LogP contribution in [0.1, 0.15) is 67.3 Å². The summed E-state index contributed by atoms with van der Waals surface area (Å²) in [6.45, 7) is 15.8. The first-order chi connectivity index (χ1) is 21.7. The molecule has 46 heavy (non-hydrogen) atoms. The van der Waals surface area contributed by atoms with Crippen molar-refractivity contribution >= 4 is 32.5 Å². The van der Waals surface area contributed by atoms with Gasteiger partial charge in [0.15, 0.2) is 0 Å². The second kappa shape index (κ2) is 12.8. The Labute approximate surface area is 290 Å². The van der Waals surface area contributed by atoms with E-state index in [0.29, 0.717) is 11.8 Å². The van der Waals surface area contributed by atoms with Crippen molar-refractivity contribution in [3.05, 3.63) is 130 Å². The van der Waals surface area contributed by atoms with E-state index in [2.05, 4.69) is 155 Å². The van der Waals surface area contributed by atoms with Gasteiger partial charge in [0.05, 0.1) is 16.9 Å². The van der Waals surface area contributed by atoms with Crippen LogP contribution in [0.15, 0.2) is 97.1 Å². The maximum Gasteiger partial charge on any atom is 0.0774 e. The van der Waals surface area contributed by atoms with E-state index in [-0.39, 0.29) is 20.1 Å². The van der Waals surface area contributed by atoms with Crippen molar-refractivity contribution in [3.63, 3.8) is 0 Å². The number of para-hydroxylation sites is 2. The average molecular weight is 796 g/mol. The van der Waals surface area contributed by atoms with E-state index in [1.165, 1.54) is 65.8 Å². The number of thiophene rings is 1. The van der Waals surface area contributed by atoms with Crippen molar-refractivity contribution in [3.8, 4) is 39.3 Å².